The fourth-order valence-corrected chi connectivity index (χ4v) is 2.29. The molecule has 0 aliphatic carbocycles. The molecule has 2 rings (SSSR count). The average Bonchev–Trinajstić information content (AvgIpc) is 2.68. The van der Waals surface area contributed by atoms with Gasteiger partial charge in [0, 0.05) is 17.3 Å². The second-order valence-electron chi connectivity index (χ2n) is 3.63. The first-order chi connectivity index (χ1) is 6.77. The van der Waals surface area contributed by atoms with Crippen LogP contribution < -0.4 is 0 Å². The van der Waals surface area contributed by atoms with E-state index in [-0.39, 0.29) is 0 Å². The van der Waals surface area contributed by atoms with Crippen molar-refractivity contribution in [3.05, 3.63) is 40.8 Å². The number of hydrogen-bond donors (Lipinski definition) is 0. The van der Waals surface area contributed by atoms with Gasteiger partial charge in [-0.3, -0.25) is 4.98 Å². The van der Waals surface area contributed by atoms with Crippen LogP contribution in [0.5, 0.6) is 0 Å². The van der Waals surface area contributed by atoms with Crippen molar-refractivity contribution in [2.45, 2.75) is 19.8 Å². The Morgan fingerprint density at radius 2 is 1.86 bits per heavy atom. The Hall–Kier alpha value is -1.15. The Balaban J connectivity index is 2.34. The summed E-state index contributed by atoms with van der Waals surface area (Å²) in [6.45, 7) is 4.45. The third-order valence-electron chi connectivity index (χ3n) is 2.20. The maximum Gasteiger partial charge on any atom is 0.0273 e. The summed E-state index contributed by atoms with van der Waals surface area (Å²) in [4.78, 5) is 5.46. The Labute approximate surface area is 88.4 Å². The van der Waals surface area contributed by atoms with Crippen molar-refractivity contribution in [3.63, 3.8) is 0 Å². The molecule has 0 aromatic carbocycles. The van der Waals surface area contributed by atoms with Gasteiger partial charge in [0.15, 0.2) is 0 Å². The minimum Gasteiger partial charge on any atom is -0.265 e. The SMILES string of the molecule is CC(C)c1cc(-c2ccncc2)cs1. The molecule has 0 fully saturated rings. The highest BCUT2D eigenvalue weighted by Gasteiger charge is 2.04. The smallest absolute Gasteiger partial charge is 0.0273 e. The first kappa shape index (κ1) is 9.41. The summed E-state index contributed by atoms with van der Waals surface area (Å²) in [6, 6.07) is 6.36. The molecule has 0 aliphatic rings. The van der Waals surface area contributed by atoms with E-state index in [0.717, 1.165) is 0 Å². The van der Waals surface area contributed by atoms with E-state index in [0.29, 0.717) is 5.92 Å². The molecule has 0 bridgehead atoms. The van der Waals surface area contributed by atoms with Crippen LogP contribution in [-0.2, 0) is 0 Å². The molecule has 0 saturated carbocycles. The largest absolute Gasteiger partial charge is 0.265 e. The van der Waals surface area contributed by atoms with E-state index in [1.54, 1.807) is 0 Å². The molecule has 0 spiro atoms. The highest BCUT2D eigenvalue weighted by molar-refractivity contribution is 7.10. The van der Waals surface area contributed by atoms with Crippen LogP contribution in [0.2, 0.25) is 0 Å². The van der Waals surface area contributed by atoms with Gasteiger partial charge in [-0.05, 0) is 40.6 Å². The molecule has 0 N–H and O–H groups in total. The molecule has 2 aromatic heterocycles. The zero-order valence-electron chi connectivity index (χ0n) is 8.40. The first-order valence-corrected chi connectivity index (χ1v) is 5.64. The zero-order valence-corrected chi connectivity index (χ0v) is 9.21. The Bertz CT molecular complexity index is 403. The molecule has 2 heteroatoms. The average molecular weight is 203 g/mol. The molecule has 0 aliphatic heterocycles. The lowest BCUT2D eigenvalue weighted by Crippen LogP contribution is -1.79. The van der Waals surface area contributed by atoms with Gasteiger partial charge in [0.05, 0.1) is 0 Å². The topological polar surface area (TPSA) is 12.9 Å². The molecule has 0 amide bonds. The Morgan fingerprint density at radius 3 is 2.43 bits per heavy atom. The molecule has 0 atom stereocenters. The molecular weight excluding hydrogens is 190 g/mol. The van der Waals surface area contributed by atoms with E-state index in [1.165, 1.54) is 16.0 Å². The summed E-state index contributed by atoms with van der Waals surface area (Å²) in [5, 5.41) is 2.21. The predicted octanol–water partition coefficient (Wildman–Crippen LogP) is 3.93. The van der Waals surface area contributed by atoms with Crippen molar-refractivity contribution in [2.24, 2.45) is 0 Å². The van der Waals surface area contributed by atoms with Crippen LogP contribution in [0.15, 0.2) is 36.0 Å². The minimum absolute atomic E-state index is 0.621. The van der Waals surface area contributed by atoms with Gasteiger partial charge in [0.1, 0.15) is 0 Å². The maximum absolute atomic E-state index is 4.02. The molecular formula is C12H13NS. The molecule has 0 radical (unpaired) electrons. The van der Waals surface area contributed by atoms with Gasteiger partial charge in [0.2, 0.25) is 0 Å². The minimum atomic E-state index is 0.621. The fourth-order valence-electron chi connectivity index (χ4n) is 1.35. The molecule has 72 valence electrons. The summed E-state index contributed by atoms with van der Waals surface area (Å²) in [5.74, 6) is 0.621. The molecule has 14 heavy (non-hydrogen) atoms. The lowest BCUT2D eigenvalue weighted by Gasteiger charge is -1.98. The fraction of sp³-hybridized carbons (Fsp3) is 0.250. The Morgan fingerprint density at radius 1 is 1.14 bits per heavy atom. The first-order valence-electron chi connectivity index (χ1n) is 4.76. The third-order valence-corrected chi connectivity index (χ3v) is 3.44. The van der Waals surface area contributed by atoms with Gasteiger partial charge in [0.25, 0.3) is 0 Å². The van der Waals surface area contributed by atoms with Gasteiger partial charge in [-0.2, -0.15) is 0 Å². The standard InChI is InChI=1S/C12H13NS/c1-9(2)12-7-11(8-14-12)10-3-5-13-6-4-10/h3-9H,1-2H3. The quantitative estimate of drug-likeness (QED) is 0.720. The lowest BCUT2D eigenvalue weighted by atomic mass is 10.1. The van der Waals surface area contributed by atoms with Gasteiger partial charge >= 0.3 is 0 Å². The van der Waals surface area contributed by atoms with Crippen LogP contribution in [0.25, 0.3) is 11.1 Å². The predicted molar refractivity (Wildman–Crippen MR) is 61.6 cm³/mol. The lowest BCUT2D eigenvalue weighted by molar-refractivity contribution is 0.890. The van der Waals surface area contributed by atoms with Gasteiger partial charge in [-0.1, -0.05) is 13.8 Å². The maximum atomic E-state index is 4.02. The Kier molecular flexibility index (Phi) is 2.64. The normalized spacial score (nSPS) is 10.8. The van der Waals surface area contributed by atoms with Crippen molar-refractivity contribution in [1.82, 2.24) is 4.98 Å². The summed E-state index contributed by atoms with van der Waals surface area (Å²) in [6.07, 6.45) is 3.67. The van der Waals surface area contributed by atoms with Crippen LogP contribution in [0.3, 0.4) is 0 Å². The molecule has 0 saturated heterocycles. The third kappa shape index (κ3) is 1.85. The summed E-state index contributed by atoms with van der Waals surface area (Å²) < 4.78 is 0. The number of aromatic nitrogens is 1. The molecule has 1 nitrogen and oxygen atoms in total. The van der Waals surface area contributed by atoms with Crippen molar-refractivity contribution < 1.29 is 0 Å². The van der Waals surface area contributed by atoms with Gasteiger partial charge in [-0.15, -0.1) is 11.3 Å². The van der Waals surface area contributed by atoms with Gasteiger partial charge in [-0.25, -0.2) is 0 Å². The van der Waals surface area contributed by atoms with E-state index >= 15 is 0 Å². The highest BCUT2D eigenvalue weighted by Crippen LogP contribution is 2.29. The van der Waals surface area contributed by atoms with Crippen molar-refractivity contribution in [1.29, 1.82) is 0 Å². The highest BCUT2D eigenvalue weighted by atomic mass is 32.1. The van der Waals surface area contributed by atoms with E-state index in [9.17, 15) is 0 Å². The number of rotatable bonds is 2. The van der Waals surface area contributed by atoms with Crippen molar-refractivity contribution >= 4 is 11.3 Å². The van der Waals surface area contributed by atoms with Crippen LogP contribution in [-0.4, -0.2) is 4.98 Å². The second kappa shape index (κ2) is 3.93. The van der Waals surface area contributed by atoms with Crippen LogP contribution >= 0.6 is 11.3 Å². The summed E-state index contributed by atoms with van der Waals surface area (Å²) in [5.41, 5.74) is 2.56. The van der Waals surface area contributed by atoms with Crippen molar-refractivity contribution in [3.8, 4) is 11.1 Å². The number of hydrogen-bond acceptors (Lipinski definition) is 2. The molecule has 0 unspecified atom stereocenters. The summed E-state index contributed by atoms with van der Waals surface area (Å²) >= 11 is 1.83. The van der Waals surface area contributed by atoms with Gasteiger partial charge < -0.3 is 0 Å². The number of pyridine rings is 1. The second-order valence-corrected chi connectivity index (χ2v) is 4.57. The van der Waals surface area contributed by atoms with Crippen LogP contribution in [0.4, 0.5) is 0 Å². The van der Waals surface area contributed by atoms with E-state index in [2.05, 4.69) is 30.3 Å². The molecule has 2 heterocycles. The number of thiophene rings is 1. The van der Waals surface area contributed by atoms with E-state index in [4.69, 9.17) is 0 Å². The zero-order chi connectivity index (χ0) is 9.97. The van der Waals surface area contributed by atoms with Crippen LogP contribution in [0.1, 0.15) is 24.6 Å². The van der Waals surface area contributed by atoms with Crippen LogP contribution in [0, 0.1) is 0 Å². The van der Waals surface area contributed by atoms with E-state index < -0.39 is 0 Å². The van der Waals surface area contributed by atoms with E-state index in [1.807, 2.05) is 35.9 Å². The molecule has 2 aromatic rings. The van der Waals surface area contributed by atoms with Crippen molar-refractivity contribution in [2.75, 3.05) is 0 Å². The summed E-state index contributed by atoms with van der Waals surface area (Å²) in [7, 11) is 0. The monoisotopic (exact) mass is 203 g/mol. The number of nitrogens with zero attached hydrogens (tertiary/aromatic N) is 1.